The van der Waals surface area contributed by atoms with Crippen molar-refractivity contribution < 1.29 is 14.2 Å². The third-order valence-electron chi connectivity index (χ3n) is 6.62. The van der Waals surface area contributed by atoms with E-state index in [2.05, 4.69) is 29.2 Å². The van der Waals surface area contributed by atoms with E-state index in [9.17, 15) is 14.9 Å². The number of nitro groups is 1. The Labute approximate surface area is 216 Å². The third kappa shape index (κ3) is 4.88. The minimum Gasteiger partial charge on any atom is -0.355 e. The molecule has 0 unspecified atom stereocenters. The summed E-state index contributed by atoms with van der Waals surface area (Å²) in [6.45, 7) is 6.34. The maximum atomic E-state index is 13.4. The van der Waals surface area contributed by atoms with E-state index in [4.69, 9.17) is 16.1 Å². The molecule has 36 heavy (non-hydrogen) atoms. The van der Waals surface area contributed by atoms with Crippen LogP contribution in [-0.4, -0.2) is 50.6 Å². The number of halogens is 1. The SMILES string of the molecule is CC(C)N1CCC(NC(=O)c2cc3cccc([N+](=O)[O-])c3n2Cc2cc(-c3ccc(Cl)s3)on2)CC1. The van der Waals surface area contributed by atoms with Crippen LogP contribution in [-0.2, 0) is 6.54 Å². The van der Waals surface area contributed by atoms with Gasteiger partial charge in [0.1, 0.15) is 16.9 Å². The molecule has 1 aromatic carbocycles. The number of carbonyl (C=O) groups is 1. The second kappa shape index (κ2) is 10.0. The molecule has 1 aliphatic rings. The van der Waals surface area contributed by atoms with E-state index in [1.165, 1.54) is 17.4 Å². The van der Waals surface area contributed by atoms with Gasteiger partial charge in [-0.3, -0.25) is 14.9 Å². The van der Waals surface area contributed by atoms with Gasteiger partial charge in [0.15, 0.2) is 5.76 Å². The lowest BCUT2D eigenvalue weighted by Crippen LogP contribution is -2.46. The number of likely N-dealkylation sites (tertiary alicyclic amines) is 1. The number of non-ortho nitro benzene ring substituents is 1. The van der Waals surface area contributed by atoms with Gasteiger partial charge in [0.05, 0.1) is 20.7 Å². The Hall–Kier alpha value is -3.21. The first-order chi connectivity index (χ1) is 17.3. The van der Waals surface area contributed by atoms with Gasteiger partial charge < -0.3 is 19.3 Å². The molecule has 1 amide bonds. The molecule has 5 rings (SSSR count). The van der Waals surface area contributed by atoms with Crippen LogP contribution in [0.1, 0.15) is 42.9 Å². The zero-order valence-corrected chi connectivity index (χ0v) is 21.5. The molecule has 1 N–H and O–H groups in total. The molecule has 9 nitrogen and oxygen atoms in total. The van der Waals surface area contributed by atoms with Crippen LogP contribution < -0.4 is 5.32 Å². The Bertz CT molecular complexity index is 1420. The largest absolute Gasteiger partial charge is 0.355 e. The number of para-hydroxylation sites is 1. The molecular formula is C25H26ClN5O4S. The van der Waals surface area contributed by atoms with Gasteiger partial charge in [0.25, 0.3) is 11.6 Å². The van der Waals surface area contributed by atoms with Gasteiger partial charge in [-0.25, -0.2) is 0 Å². The molecular weight excluding hydrogens is 502 g/mol. The van der Waals surface area contributed by atoms with Crippen molar-refractivity contribution in [1.82, 2.24) is 19.9 Å². The minimum atomic E-state index is -0.427. The van der Waals surface area contributed by atoms with Crippen molar-refractivity contribution in [1.29, 1.82) is 0 Å². The number of thiophene rings is 1. The highest BCUT2D eigenvalue weighted by molar-refractivity contribution is 7.19. The summed E-state index contributed by atoms with van der Waals surface area (Å²) in [6, 6.07) is 12.5. The standard InChI is InChI=1S/C25H26ClN5O4S/c1-15(2)29-10-8-17(9-11-29)27-25(32)20-12-16-4-3-5-19(31(33)34)24(16)30(20)14-18-13-21(35-28-18)22-6-7-23(26)36-22/h3-7,12-13,15,17H,8-11,14H2,1-2H3,(H,27,32). The Balaban J connectivity index is 1.47. The van der Waals surface area contributed by atoms with Crippen LogP contribution in [0.5, 0.6) is 0 Å². The lowest BCUT2D eigenvalue weighted by atomic mass is 10.0. The summed E-state index contributed by atoms with van der Waals surface area (Å²) in [5, 5.41) is 19.8. The first-order valence-corrected chi connectivity index (χ1v) is 13.0. The van der Waals surface area contributed by atoms with Gasteiger partial charge in [-0.15, -0.1) is 11.3 Å². The highest BCUT2D eigenvalue weighted by Crippen LogP contribution is 2.33. The number of nitrogens with zero attached hydrogens (tertiary/aromatic N) is 4. The lowest BCUT2D eigenvalue weighted by Gasteiger charge is -2.34. The van der Waals surface area contributed by atoms with E-state index in [0.29, 0.717) is 38.4 Å². The maximum absolute atomic E-state index is 13.4. The second-order valence-corrected chi connectivity index (χ2v) is 11.0. The fourth-order valence-electron chi connectivity index (χ4n) is 4.74. The van der Waals surface area contributed by atoms with Crippen molar-refractivity contribution >= 4 is 45.4 Å². The van der Waals surface area contributed by atoms with Crippen molar-refractivity contribution in [3.05, 3.63) is 68.3 Å². The maximum Gasteiger partial charge on any atom is 0.293 e. The summed E-state index contributed by atoms with van der Waals surface area (Å²) in [4.78, 5) is 28.1. The molecule has 11 heteroatoms. The summed E-state index contributed by atoms with van der Waals surface area (Å²) >= 11 is 7.41. The normalized spacial score (nSPS) is 15.1. The molecule has 0 saturated carbocycles. The second-order valence-electron chi connectivity index (χ2n) is 9.25. The minimum absolute atomic E-state index is 0.0520. The third-order valence-corrected chi connectivity index (χ3v) is 7.86. The fourth-order valence-corrected chi connectivity index (χ4v) is 5.73. The number of hydrogen-bond donors (Lipinski definition) is 1. The van der Waals surface area contributed by atoms with Crippen LogP contribution in [0.2, 0.25) is 4.34 Å². The van der Waals surface area contributed by atoms with Crippen LogP contribution in [0.4, 0.5) is 5.69 Å². The topological polar surface area (TPSA) is 106 Å². The average molecular weight is 528 g/mol. The first-order valence-electron chi connectivity index (χ1n) is 11.8. The molecule has 1 aliphatic heterocycles. The number of amides is 1. The molecule has 3 aromatic heterocycles. The summed E-state index contributed by atoms with van der Waals surface area (Å²) in [6.07, 6.45) is 1.72. The molecule has 4 heterocycles. The van der Waals surface area contributed by atoms with E-state index in [-0.39, 0.29) is 24.2 Å². The van der Waals surface area contributed by atoms with Crippen molar-refractivity contribution in [2.24, 2.45) is 0 Å². The number of fused-ring (bicyclic) bond motifs is 1. The van der Waals surface area contributed by atoms with Crippen LogP contribution >= 0.6 is 22.9 Å². The summed E-state index contributed by atoms with van der Waals surface area (Å²) in [5.41, 5.74) is 1.22. The molecule has 4 aromatic rings. The van der Waals surface area contributed by atoms with Gasteiger partial charge >= 0.3 is 0 Å². The van der Waals surface area contributed by atoms with Crippen molar-refractivity contribution in [2.75, 3.05) is 13.1 Å². The highest BCUT2D eigenvalue weighted by Gasteiger charge is 2.27. The van der Waals surface area contributed by atoms with Gasteiger partial charge in [-0.05, 0) is 44.9 Å². The fraction of sp³-hybridized carbons (Fsp3) is 0.360. The van der Waals surface area contributed by atoms with E-state index >= 15 is 0 Å². The summed E-state index contributed by atoms with van der Waals surface area (Å²) < 4.78 is 7.80. The number of nitro benzene ring substituents is 1. The number of hydrogen-bond acceptors (Lipinski definition) is 7. The number of piperidine rings is 1. The predicted octanol–water partition coefficient (Wildman–Crippen LogP) is 5.57. The number of aromatic nitrogens is 2. The van der Waals surface area contributed by atoms with E-state index in [1.54, 1.807) is 34.9 Å². The van der Waals surface area contributed by atoms with Crippen LogP contribution in [0.15, 0.2) is 47.0 Å². The molecule has 0 radical (unpaired) electrons. The highest BCUT2D eigenvalue weighted by atomic mass is 35.5. The molecule has 0 spiro atoms. The van der Waals surface area contributed by atoms with Crippen molar-refractivity contribution in [2.45, 2.75) is 45.3 Å². The van der Waals surface area contributed by atoms with Gasteiger partial charge in [-0.1, -0.05) is 28.9 Å². The van der Waals surface area contributed by atoms with E-state index in [0.717, 1.165) is 30.8 Å². The molecule has 1 saturated heterocycles. The Morgan fingerprint density at radius 1 is 1.28 bits per heavy atom. The number of carbonyl (C=O) groups excluding carboxylic acids is 1. The number of benzene rings is 1. The zero-order chi connectivity index (χ0) is 25.4. The molecule has 188 valence electrons. The predicted molar refractivity (Wildman–Crippen MR) is 140 cm³/mol. The van der Waals surface area contributed by atoms with Crippen LogP contribution in [0.3, 0.4) is 0 Å². The van der Waals surface area contributed by atoms with E-state index < -0.39 is 4.92 Å². The first kappa shape index (κ1) is 24.5. The van der Waals surface area contributed by atoms with Crippen LogP contribution in [0, 0.1) is 10.1 Å². The quantitative estimate of drug-likeness (QED) is 0.249. The average Bonchev–Trinajstić information content (AvgIpc) is 3.58. The zero-order valence-electron chi connectivity index (χ0n) is 19.9. The molecule has 0 aliphatic carbocycles. The van der Waals surface area contributed by atoms with Crippen LogP contribution in [0.25, 0.3) is 21.5 Å². The monoisotopic (exact) mass is 527 g/mol. The van der Waals surface area contributed by atoms with Crippen molar-refractivity contribution in [3.63, 3.8) is 0 Å². The lowest BCUT2D eigenvalue weighted by molar-refractivity contribution is -0.383. The van der Waals surface area contributed by atoms with E-state index in [1.807, 2.05) is 6.07 Å². The Kier molecular flexibility index (Phi) is 6.83. The molecule has 0 atom stereocenters. The Morgan fingerprint density at radius 3 is 2.72 bits per heavy atom. The number of rotatable bonds is 7. The van der Waals surface area contributed by atoms with Crippen molar-refractivity contribution in [3.8, 4) is 10.6 Å². The smallest absolute Gasteiger partial charge is 0.293 e. The Morgan fingerprint density at radius 2 is 2.06 bits per heavy atom. The van der Waals surface area contributed by atoms with Gasteiger partial charge in [-0.2, -0.15) is 0 Å². The van der Waals surface area contributed by atoms with Gasteiger partial charge in [0, 0.05) is 42.7 Å². The molecule has 1 fully saturated rings. The summed E-state index contributed by atoms with van der Waals surface area (Å²) in [7, 11) is 0. The molecule has 0 bridgehead atoms. The number of nitrogens with one attached hydrogen (secondary N) is 1. The summed E-state index contributed by atoms with van der Waals surface area (Å²) in [5.74, 6) is 0.299. The van der Waals surface area contributed by atoms with Gasteiger partial charge in [0.2, 0.25) is 0 Å².